The fourth-order valence-corrected chi connectivity index (χ4v) is 1.87. The maximum Gasteiger partial charge on any atom is 0.419 e. The normalized spacial score (nSPS) is 11.5. The summed E-state index contributed by atoms with van der Waals surface area (Å²) in [6.45, 7) is 0.251. The minimum absolute atomic E-state index is 0.00655. The van der Waals surface area contributed by atoms with Crippen LogP contribution in [0, 0.1) is 5.82 Å². The topological polar surface area (TPSA) is 35.2 Å². The van der Waals surface area contributed by atoms with Crippen LogP contribution in [0.3, 0.4) is 0 Å². The number of halogens is 4. The van der Waals surface area contributed by atoms with Crippen molar-refractivity contribution >= 4 is 0 Å². The van der Waals surface area contributed by atoms with Gasteiger partial charge in [0, 0.05) is 6.07 Å². The van der Waals surface area contributed by atoms with Crippen molar-refractivity contribution in [1.29, 1.82) is 0 Å². The summed E-state index contributed by atoms with van der Waals surface area (Å²) in [5.41, 5.74) is 4.91. The molecule has 0 spiro atoms. The zero-order chi connectivity index (χ0) is 15.5. The van der Waals surface area contributed by atoms with Crippen molar-refractivity contribution in [2.45, 2.75) is 12.6 Å². The molecule has 112 valence electrons. The third-order valence-electron chi connectivity index (χ3n) is 2.81. The molecule has 0 heterocycles. The second kappa shape index (κ2) is 6.13. The molecule has 0 unspecified atom stereocenters. The van der Waals surface area contributed by atoms with E-state index in [1.165, 1.54) is 30.3 Å². The summed E-state index contributed by atoms with van der Waals surface area (Å²) in [5.74, 6) is -0.943. The summed E-state index contributed by atoms with van der Waals surface area (Å²) in [5, 5.41) is 0. The van der Waals surface area contributed by atoms with Crippen molar-refractivity contribution in [3.05, 3.63) is 59.4 Å². The smallest absolute Gasteiger partial charge is 0.419 e. The van der Waals surface area contributed by atoms with E-state index in [0.717, 1.165) is 12.1 Å². The number of hydrogen-bond acceptors (Lipinski definition) is 2. The van der Waals surface area contributed by atoms with Gasteiger partial charge in [0.2, 0.25) is 0 Å². The second-order valence-corrected chi connectivity index (χ2v) is 4.43. The first-order chi connectivity index (χ1) is 9.90. The van der Waals surface area contributed by atoms with E-state index in [4.69, 9.17) is 10.5 Å². The predicted octanol–water partition coefficient (Wildman–Crippen LogP) is 4.14. The van der Waals surface area contributed by atoms with E-state index in [2.05, 4.69) is 0 Å². The summed E-state index contributed by atoms with van der Waals surface area (Å²) in [4.78, 5) is 0. The lowest BCUT2D eigenvalue weighted by Gasteiger charge is -2.15. The SMILES string of the molecule is NCCc1ccc(Oc2cccc(F)c2)c(C(F)(F)F)c1. The Kier molecular flexibility index (Phi) is 4.47. The zero-order valence-electron chi connectivity index (χ0n) is 11.0. The molecule has 0 aromatic heterocycles. The molecule has 0 saturated heterocycles. The lowest BCUT2D eigenvalue weighted by molar-refractivity contribution is -0.138. The van der Waals surface area contributed by atoms with Crippen LogP contribution in [0.1, 0.15) is 11.1 Å². The predicted molar refractivity (Wildman–Crippen MR) is 70.7 cm³/mol. The number of benzene rings is 2. The number of alkyl halides is 3. The van der Waals surface area contributed by atoms with E-state index in [1.54, 1.807) is 0 Å². The van der Waals surface area contributed by atoms with Gasteiger partial charge < -0.3 is 10.5 Å². The Morgan fingerprint density at radius 1 is 1.05 bits per heavy atom. The summed E-state index contributed by atoms with van der Waals surface area (Å²) in [6.07, 6.45) is -4.23. The average molecular weight is 299 g/mol. The molecule has 2 rings (SSSR count). The van der Waals surface area contributed by atoms with Crippen molar-refractivity contribution in [2.24, 2.45) is 5.73 Å². The Morgan fingerprint density at radius 3 is 2.43 bits per heavy atom. The van der Waals surface area contributed by atoms with Gasteiger partial charge in [0.15, 0.2) is 0 Å². The van der Waals surface area contributed by atoms with Gasteiger partial charge in [-0.3, -0.25) is 0 Å². The highest BCUT2D eigenvalue weighted by atomic mass is 19.4. The van der Waals surface area contributed by atoms with Crippen molar-refractivity contribution in [3.8, 4) is 11.5 Å². The molecule has 0 atom stereocenters. The van der Waals surface area contributed by atoms with E-state index in [0.29, 0.717) is 12.0 Å². The van der Waals surface area contributed by atoms with Gasteiger partial charge in [0.05, 0.1) is 5.56 Å². The van der Waals surface area contributed by atoms with Gasteiger partial charge in [-0.2, -0.15) is 13.2 Å². The van der Waals surface area contributed by atoms with Gasteiger partial charge >= 0.3 is 6.18 Å². The molecule has 6 heteroatoms. The molecule has 0 bridgehead atoms. The van der Waals surface area contributed by atoms with Gasteiger partial charge in [0.1, 0.15) is 17.3 Å². The van der Waals surface area contributed by atoms with Crippen molar-refractivity contribution in [1.82, 2.24) is 0 Å². The fourth-order valence-electron chi connectivity index (χ4n) is 1.87. The molecule has 2 nitrogen and oxygen atoms in total. The lowest BCUT2D eigenvalue weighted by atomic mass is 10.1. The molecule has 0 saturated carbocycles. The maximum absolute atomic E-state index is 13.1. The van der Waals surface area contributed by atoms with Crippen LogP contribution in [-0.2, 0) is 12.6 Å². The lowest BCUT2D eigenvalue weighted by Crippen LogP contribution is -2.09. The second-order valence-electron chi connectivity index (χ2n) is 4.43. The summed E-state index contributed by atoms with van der Waals surface area (Å²) in [7, 11) is 0. The van der Waals surface area contributed by atoms with Crippen LogP contribution in [0.4, 0.5) is 17.6 Å². The van der Waals surface area contributed by atoms with Crippen molar-refractivity contribution < 1.29 is 22.3 Å². The molecule has 0 aliphatic rings. The maximum atomic E-state index is 13.1. The molecule has 21 heavy (non-hydrogen) atoms. The number of rotatable bonds is 4. The van der Waals surface area contributed by atoms with Gasteiger partial charge in [-0.05, 0) is 42.8 Å². The third kappa shape index (κ3) is 3.95. The van der Waals surface area contributed by atoms with Crippen LogP contribution >= 0.6 is 0 Å². The largest absolute Gasteiger partial charge is 0.457 e. The van der Waals surface area contributed by atoms with Crippen LogP contribution < -0.4 is 10.5 Å². The van der Waals surface area contributed by atoms with E-state index in [-0.39, 0.29) is 18.0 Å². The van der Waals surface area contributed by atoms with E-state index < -0.39 is 17.6 Å². The molecule has 2 aromatic rings. The monoisotopic (exact) mass is 299 g/mol. The van der Waals surface area contributed by atoms with E-state index in [1.807, 2.05) is 0 Å². The Bertz CT molecular complexity index is 625. The summed E-state index contributed by atoms with van der Waals surface area (Å²) >= 11 is 0. The molecule has 0 fully saturated rings. The van der Waals surface area contributed by atoms with Crippen LogP contribution in [-0.4, -0.2) is 6.54 Å². The Morgan fingerprint density at radius 2 is 1.81 bits per heavy atom. The molecule has 0 amide bonds. The minimum atomic E-state index is -4.56. The molecule has 0 aliphatic carbocycles. The van der Waals surface area contributed by atoms with Gasteiger partial charge in [-0.1, -0.05) is 12.1 Å². The Balaban J connectivity index is 2.38. The van der Waals surface area contributed by atoms with Crippen LogP contribution in [0.5, 0.6) is 11.5 Å². The van der Waals surface area contributed by atoms with Gasteiger partial charge in [-0.15, -0.1) is 0 Å². The highest BCUT2D eigenvalue weighted by molar-refractivity contribution is 5.42. The first-order valence-electron chi connectivity index (χ1n) is 6.24. The average Bonchev–Trinajstić information content (AvgIpc) is 2.39. The first-order valence-corrected chi connectivity index (χ1v) is 6.24. The van der Waals surface area contributed by atoms with Crippen LogP contribution in [0.25, 0.3) is 0 Å². The van der Waals surface area contributed by atoms with Crippen molar-refractivity contribution in [2.75, 3.05) is 6.54 Å². The number of nitrogens with two attached hydrogens (primary N) is 1. The summed E-state index contributed by atoms with van der Waals surface area (Å²) < 4.78 is 57.4. The summed E-state index contributed by atoms with van der Waals surface area (Å²) in [6, 6.07) is 8.69. The quantitative estimate of drug-likeness (QED) is 0.861. The first kappa shape index (κ1) is 15.3. The molecule has 2 N–H and O–H groups in total. The van der Waals surface area contributed by atoms with Gasteiger partial charge in [0.25, 0.3) is 0 Å². The Hall–Kier alpha value is -2.08. The minimum Gasteiger partial charge on any atom is -0.457 e. The van der Waals surface area contributed by atoms with Crippen LogP contribution in [0.15, 0.2) is 42.5 Å². The Labute approximate surface area is 119 Å². The molecular weight excluding hydrogens is 286 g/mol. The number of ether oxygens (including phenoxy) is 1. The third-order valence-corrected chi connectivity index (χ3v) is 2.81. The van der Waals surface area contributed by atoms with Crippen LogP contribution in [0.2, 0.25) is 0 Å². The molecule has 0 radical (unpaired) electrons. The van der Waals surface area contributed by atoms with Crippen molar-refractivity contribution in [3.63, 3.8) is 0 Å². The van der Waals surface area contributed by atoms with E-state index >= 15 is 0 Å². The zero-order valence-corrected chi connectivity index (χ0v) is 11.0. The number of hydrogen-bond donors (Lipinski definition) is 1. The molecular formula is C15H13F4NO. The van der Waals surface area contributed by atoms with Gasteiger partial charge in [-0.25, -0.2) is 4.39 Å². The highest BCUT2D eigenvalue weighted by Crippen LogP contribution is 2.38. The highest BCUT2D eigenvalue weighted by Gasteiger charge is 2.34. The fraction of sp³-hybridized carbons (Fsp3) is 0.200. The standard InChI is InChI=1S/C15H13F4NO/c16-11-2-1-3-12(9-11)21-14-5-4-10(6-7-20)8-13(14)15(17,18)19/h1-5,8-9H,6-7,20H2. The molecule has 2 aromatic carbocycles. The van der Waals surface area contributed by atoms with E-state index in [9.17, 15) is 17.6 Å². The molecule has 0 aliphatic heterocycles.